The highest BCUT2D eigenvalue weighted by molar-refractivity contribution is 5.91. The lowest BCUT2D eigenvalue weighted by molar-refractivity contribution is -0.171. The van der Waals surface area contributed by atoms with Crippen molar-refractivity contribution < 1.29 is 15.0 Å². The predicted molar refractivity (Wildman–Crippen MR) is 93.3 cm³/mol. The summed E-state index contributed by atoms with van der Waals surface area (Å²) in [5.41, 5.74) is 0.489. The van der Waals surface area contributed by atoms with Crippen LogP contribution in [0.4, 0.5) is 0 Å². The minimum Gasteiger partial charge on any atom is -0.390 e. The molecule has 24 heavy (non-hydrogen) atoms. The molecule has 2 N–H and O–H groups in total. The van der Waals surface area contributed by atoms with Gasteiger partial charge in [-0.2, -0.15) is 0 Å². The van der Waals surface area contributed by atoms with E-state index in [1.54, 1.807) is 6.92 Å². The molecule has 0 spiro atoms. The van der Waals surface area contributed by atoms with Crippen LogP contribution in [0.1, 0.15) is 72.1 Å². The summed E-state index contributed by atoms with van der Waals surface area (Å²) < 4.78 is 0. The summed E-state index contributed by atoms with van der Waals surface area (Å²) in [5.74, 6) is 2.09. The highest BCUT2D eigenvalue weighted by Crippen LogP contribution is 2.67. The second-order valence-corrected chi connectivity index (χ2v) is 9.56. The number of rotatable bonds is 1. The van der Waals surface area contributed by atoms with Crippen LogP contribution in [0.15, 0.2) is 11.6 Å². The van der Waals surface area contributed by atoms with Crippen LogP contribution in [0.3, 0.4) is 0 Å². The van der Waals surface area contributed by atoms with Gasteiger partial charge in [-0.1, -0.05) is 19.4 Å². The molecule has 0 aliphatic heterocycles. The van der Waals surface area contributed by atoms with Crippen molar-refractivity contribution in [1.82, 2.24) is 0 Å². The molecular formula is C21H32O3. The largest absolute Gasteiger partial charge is 0.390 e. The first-order chi connectivity index (χ1) is 11.2. The molecular weight excluding hydrogens is 300 g/mol. The summed E-state index contributed by atoms with van der Waals surface area (Å²) >= 11 is 0. The first kappa shape index (κ1) is 16.8. The van der Waals surface area contributed by atoms with E-state index in [0.717, 1.165) is 44.9 Å². The highest BCUT2D eigenvalue weighted by atomic mass is 16.3. The number of ketones is 1. The smallest absolute Gasteiger partial charge is 0.155 e. The van der Waals surface area contributed by atoms with Crippen molar-refractivity contribution in [1.29, 1.82) is 0 Å². The van der Waals surface area contributed by atoms with Gasteiger partial charge in [0.15, 0.2) is 5.78 Å². The van der Waals surface area contributed by atoms with E-state index in [1.165, 1.54) is 5.57 Å². The molecule has 0 aromatic rings. The third-order valence-electron chi connectivity index (χ3n) is 8.87. The summed E-state index contributed by atoms with van der Waals surface area (Å²) in [6.07, 6.45) is 9.07. The van der Waals surface area contributed by atoms with E-state index >= 15 is 0 Å². The average Bonchev–Trinajstić information content (AvgIpc) is 2.81. The second-order valence-electron chi connectivity index (χ2n) is 9.56. The number of allylic oxidation sites excluding steroid dienone is 1. The Morgan fingerprint density at radius 1 is 1.08 bits per heavy atom. The summed E-state index contributed by atoms with van der Waals surface area (Å²) in [5, 5.41) is 21.5. The molecule has 3 nitrogen and oxygen atoms in total. The number of aliphatic hydroxyl groups excluding tert-OH is 1. The van der Waals surface area contributed by atoms with Crippen molar-refractivity contribution in [3.63, 3.8) is 0 Å². The molecule has 0 aromatic heterocycles. The fraction of sp³-hybridized carbons (Fsp3) is 0.857. The zero-order valence-electron chi connectivity index (χ0n) is 15.3. The van der Waals surface area contributed by atoms with Crippen molar-refractivity contribution in [3.05, 3.63) is 11.6 Å². The van der Waals surface area contributed by atoms with Crippen LogP contribution in [0, 0.1) is 28.6 Å². The van der Waals surface area contributed by atoms with E-state index < -0.39 is 11.7 Å². The van der Waals surface area contributed by atoms with E-state index in [0.29, 0.717) is 30.0 Å². The maximum absolute atomic E-state index is 11.9. The molecule has 3 saturated carbocycles. The first-order valence-corrected chi connectivity index (χ1v) is 9.87. The van der Waals surface area contributed by atoms with Gasteiger partial charge < -0.3 is 10.2 Å². The van der Waals surface area contributed by atoms with Gasteiger partial charge in [0.2, 0.25) is 0 Å². The summed E-state index contributed by atoms with van der Waals surface area (Å²) in [4.78, 5) is 11.9. The van der Waals surface area contributed by atoms with E-state index in [4.69, 9.17) is 0 Å². The Labute approximate surface area is 145 Å². The molecule has 3 fully saturated rings. The van der Waals surface area contributed by atoms with Crippen LogP contribution in [-0.4, -0.2) is 27.7 Å². The van der Waals surface area contributed by atoms with Gasteiger partial charge >= 0.3 is 0 Å². The van der Waals surface area contributed by atoms with Crippen molar-refractivity contribution in [3.8, 4) is 0 Å². The molecule has 0 amide bonds. The van der Waals surface area contributed by atoms with Gasteiger partial charge in [-0.3, -0.25) is 4.79 Å². The maximum Gasteiger partial charge on any atom is 0.155 e. The quantitative estimate of drug-likeness (QED) is 0.771. The Morgan fingerprint density at radius 2 is 1.79 bits per heavy atom. The Kier molecular flexibility index (Phi) is 3.61. The van der Waals surface area contributed by atoms with Gasteiger partial charge in [0, 0.05) is 11.8 Å². The summed E-state index contributed by atoms with van der Waals surface area (Å²) in [6.45, 7) is 6.38. The summed E-state index contributed by atoms with van der Waals surface area (Å²) in [7, 11) is 0. The predicted octanol–water partition coefficient (Wildman–Crippen LogP) is 3.63. The van der Waals surface area contributed by atoms with Gasteiger partial charge in [-0.05, 0) is 81.1 Å². The minimum absolute atomic E-state index is 0.162. The van der Waals surface area contributed by atoms with Crippen LogP contribution in [-0.2, 0) is 4.79 Å². The van der Waals surface area contributed by atoms with Crippen molar-refractivity contribution in [2.75, 3.05) is 0 Å². The Hall–Kier alpha value is -0.670. The van der Waals surface area contributed by atoms with Gasteiger partial charge in [0.1, 0.15) is 0 Å². The number of hydrogen-bond acceptors (Lipinski definition) is 3. The van der Waals surface area contributed by atoms with Crippen LogP contribution in [0.25, 0.3) is 0 Å². The molecule has 4 rings (SSSR count). The molecule has 4 aliphatic carbocycles. The van der Waals surface area contributed by atoms with Gasteiger partial charge in [0.25, 0.3) is 0 Å². The molecule has 0 radical (unpaired) electrons. The molecule has 4 aliphatic rings. The SMILES string of the molecule is CC(O)[C@@]1(O)CCC2C3CCC4=CC(=O)CC[C@]4(C)C3CC[C@@]21C. The van der Waals surface area contributed by atoms with Crippen LogP contribution in [0.2, 0.25) is 0 Å². The standard InChI is InChI=1S/C21H32O3/c1-13(22)21(24)11-8-18-16-5-4-14-12-15(23)6-9-19(14,2)17(16)7-10-20(18,21)3/h12-13,16-18,22,24H,4-11H2,1-3H3/t13?,16?,17?,18?,19-,20-,21-/m0/s1. The Morgan fingerprint density at radius 3 is 2.50 bits per heavy atom. The van der Waals surface area contributed by atoms with E-state index in [9.17, 15) is 15.0 Å². The minimum atomic E-state index is -0.928. The fourth-order valence-electron chi connectivity index (χ4n) is 7.30. The maximum atomic E-state index is 11.9. The lowest BCUT2D eigenvalue weighted by atomic mass is 9.46. The van der Waals surface area contributed by atoms with Crippen molar-refractivity contribution in [2.24, 2.45) is 28.6 Å². The Balaban J connectivity index is 1.69. The lowest BCUT2D eigenvalue weighted by Gasteiger charge is -2.59. The van der Waals surface area contributed by atoms with Crippen LogP contribution >= 0.6 is 0 Å². The molecule has 0 saturated heterocycles. The van der Waals surface area contributed by atoms with Crippen molar-refractivity contribution >= 4 is 5.78 Å². The zero-order valence-corrected chi connectivity index (χ0v) is 15.3. The summed E-state index contributed by atoms with van der Waals surface area (Å²) in [6, 6.07) is 0. The van der Waals surface area contributed by atoms with Crippen LogP contribution < -0.4 is 0 Å². The molecule has 0 heterocycles. The van der Waals surface area contributed by atoms with Gasteiger partial charge in [0.05, 0.1) is 11.7 Å². The van der Waals surface area contributed by atoms with Gasteiger partial charge in [-0.25, -0.2) is 0 Å². The second kappa shape index (κ2) is 5.17. The lowest BCUT2D eigenvalue weighted by Crippen LogP contribution is -2.58. The van der Waals surface area contributed by atoms with E-state index in [-0.39, 0.29) is 10.8 Å². The Bertz CT molecular complexity index is 594. The first-order valence-electron chi connectivity index (χ1n) is 9.87. The number of carbonyl (C=O) groups is 1. The average molecular weight is 332 g/mol. The van der Waals surface area contributed by atoms with Gasteiger partial charge in [-0.15, -0.1) is 0 Å². The third-order valence-corrected chi connectivity index (χ3v) is 8.87. The van der Waals surface area contributed by atoms with Crippen molar-refractivity contribution in [2.45, 2.75) is 83.8 Å². The monoisotopic (exact) mass is 332 g/mol. The fourth-order valence-corrected chi connectivity index (χ4v) is 7.30. The highest BCUT2D eigenvalue weighted by Gasteiger charge is 2.65. The molecule has 7 atom stereocenters. The number of hydrogen-bond donors (Lipinski definition) is 2. The normalized spacial score (nSPS) is 52.1. The molecule has 4 unspecified atom stereocenters. The third kappa shape index (κ3) is 1.94. The topological polar surface area (TPSA) is 57.5 Å². The molecule has 3 heteroatoms. The number of aliphatic hydroxyl groups is 2. The van der Waals surface area contributed by atoms with Crippen LogP contribution in [0.5, 0.6) is 0 Å². The zero-order chi connectivity index (χ0) is 17.3. The molecule has 134 valence electrons. The number of carbonyl (C=O) groups excluding carboxylic acids is 1. The number of fused-ring (bicyclic) bond motifs is 5. The molecule has 0 bridgehead atoms. The van der Waals surface area contributed by atoms with E-state index in [1.807, 2.05) is 6.08 Å². The van der Waals surface area contributed by atoms with E-state index in [2.05, 4.69) is 13.8 Å². The molecule has 0 aromatic carbocycles.